The van der Waals surface area contributed by atoms with Crippen LogP contribution in [0.2, 0.25) is 0 Å². The average molecular weight is 636 g/mol. The quantitative estimate of drug-likeness (QED) is 0.164. The maximum absolute atomic E-state index is 2.40. The molecule has 0 aliphatic rings. The summed E-state index contributed by atoms with van der Waals surface area (Å²) in [5, 5.41) is 5.15. The molecular formula is C46H37NS. The molecule has 232 valence electrons. The number of hydrogen-bond acceptors (Lipinski definition) is 2. The van der Waals surface area contributed by atoms with E-state index in [0.717, 1.165) is 5.69 Å². The Hall–Kier alpha value is -5.44. The van der Waals surface area contributed by atoms with E-state index in [1.165, 1.54) is 87.2 Å². The molecule has 8 aromatic rings. The Morgan fingerprint density at radius 1 is 0.396 bits per heavy atom. The summed E-state index contributed by atoms with van der Waals surface area (Å²) in [7, 11) is 0. The van der Waals surface area contributed by atoms with Gasteiger partial charge in [-0.05, 0) is 113 Å². The Bertz CT molecular complexity index is 2340. The molecule has 7 aromatic carbocycles. The first-order valence-electron chi connectivity index (χ1n) is 16.6. The van der Waals surface area contributed by atoms with Crippen molar-refractivity contribution in [3.05, 3.63) is 174 Å². The smallest absolute Gasteiger partial charge is 0.0520 e. The van der Waals surface area contributed by atoms with Gasteiger partial charge in [0.25, 0.3) is 0 Å². The molecule has 1 aromatic heterocycles. The highest BCUT2D eigenvalue weighted by molar-refractivity contribution is 7.19. The van der Waals surface area contributed by atoms with Gasteiger partial charge in [-0.2, -0.15) is 0 Å². The second-order valence-corrected chi connectivity index (χ2v) is 13.9. The van der Waals surface area contributed by atoms with E-state index >= 15 is 0 Å². The fourth-order valence-electron chi connectivity index (χ4n) is 7.34. The van der Waals surface area contributed by atoms with Crippen molar-refractivity contribution in [3.63, 3.8) is 0 Å². The molecule has 0 saturated carbocycles. The van der Waals surface area contributed by atoms with Gasteiger partial charge in [-0.25, -0.2) is 0 Å². The Kier molecular flexibility index (Phi) is 7.67. The molecule has 8 rings (SSSR count). The standard InChI is InChI=1S/C46H37NS/c1-30-18-22-36(23-19-30)47(46-32(3)28-31(2)29-33(46)4)37-24-20-34(21-25-37)42-26-27-43(48-42)45-40-16-10-8-14-38(40)44(35-12-6-5-7-13-35)39-15-9-11-17-41(39)45/h5-29H,1-4H3. The maximum atomic E-state index is 2.40. The van der Waals surface area contributed by atoms with Gasteiger partial charge in [0.15, 0.2) is 0 Å². The fraction of sp³-hybridized carbons (Fsp3) is 0.0870. The van der Waals surface area contributed by atoms with Gasteiger partial charge in [-0.15, -0.1) is 11.3 Å². The monoisotopic (exact) mass is 635 g/mol. The van der Waals surface area contributed by atoms with Crippen molar-refractivity contribution in [2.24, 2.45) is 0 Å². The predicted octanol–water partition coefficient (Wildman–Crippen LogP) is 13.8. The van der Waals surface area contributed by atoms with Crippen molar-refractivity contribution in [2.75, 3.05) is 4.90 Å². The van der Waals surface area contributed by atoms with Crippen molar-refractivity contribution in [1.82, 2.24) is 0 Å². The largest absolute Gasteiger partial charge is 0.310 e. The molecule has 48 heavy (non-hydrogen) atoms. The molecule has 0 fully saturated rings. The maximum Gasteiger partial charge on any atom is 0.0520 e. The van der Waals surface area contributed by atoms with E-state index in [4.69, 9.17) is 0 Å². The summed E-state index contributed by atoms with van der Waals surface area (Å²) in [6.45, 7) is 8.76. The molecule has 0 unspecified atom stereocenters. The number of rotatable bonds is 6. The van der Waals surface area contributed by atoms with Gasteiger partial charge >= 0.3 is 0 Å². The second-order valence-electron chi connectivity index (χ2n) is 12.8. The topological polar surface area (TPSA) is 3.24 Å². The van der Waals surface area contributed by atoms with Gasteiger partial charge in [0.05, 0.1) is 5.69 Å². The van der Waals surface area contributed by atoms with E-state index in [1.807, 2.05) is 11.3 Å². The third kappa shape index (κ3) is 5.29. The van der Waals surface area contributed by atoms with Crippen LogP contribution in [0.5, 0.6) is 0 Å². The lowest BCUT2D eigenvalue weighted by Gasteiger charge is -2.29. The van der Waals surface area contributed by atoms with Crippen molar-refractivity contribution in [3.8, 4) is 32.0 Å². The van der Waals surface area contributed by atoms with Crippen LogP contribution >= 0.6 is 11.3 Å². The molecule has 1 heterocycles. The second kappa shape index (κ2) is 12.3. The Labute approximate surface area is 287 Å². The average Bonchev–Trinajstić information content (AvgIpc) is 3.59. The predicted molar refractivity (Wildman–Crippen MR) is 209 cm³/mol. The normalized spacial score (nSPS) is 11.3. The molecule has 0 spiro atoms. The summed E-state index contributed by atoms with van der Waals surface area (Å²) >= 11 is 1.87. The van der Waals surface area contributed by atoms with Gasteiger partial charge in [0, 0.05) is 26.7 Å². The van der Waals surface area contributed by atoms with Crippen LogP contribution in [0.1, 0.15) is 22.3 Å². The highest BCUT2D eigenvalue weighted by Crippen LogP contribution is 2.47. The highest BCUT2D eigenvalue weighted by atomic mass is 32.1. The first kappa shape index (κ1) is 29.9. The van der Waals surface area contributed by atoms with E-state index in [1.54, 1.807) is 0 Å². The van der Waals surface area contributed by atoms with Gasteiger partial charge in [-0.1, -0.05) is 126 Å². The minimum absolute atomic E-state index is 1.16. The molecule has 0 amide bonds. The lowest BCUT2D eigenvalue weighted by Crippen LogP contribution is -2.13. The first-order valence-corrected chi connectivity index (χ1v) is 17.4. The summed E-state index contributed by atoms with van der Waals surface area (Å²) in [6.07, 6.45) is 0. The summed E-state index contributed by atoms with van der Waals surface area (Å²) in [5.74, 6) is 0. The molecule has 0 aliphatic carbocycles. The van der Waals surface area contributed by atoms with E-state index in [9.17, 15) is 0 Å². The molecule has 0 bridgehead atoms. The minimum Gasteiger partial charge on any atom is -0.310 e. The third-order valence-corrected chi connectivity index (χ3v) is 10.6. The fourth-order valence-corrected chi connectivity index (χ4v) is 8.42. The lowest BCUT2D eigenvalue weighted by molar-refractivity contribution is 1.20. The van der Waals surface area contributed by atoms with Crippen LogP contribution in [0, 0.1) is 27.7 Å². The van der Waals surface area contributed by atoms with Crippen LogP contribution < -0.4 is 4.90 Å². The Balaban J connectivity index is 1.23. The third-order valence-electron chi connectivity index (χ3n) is 9.41. The summed E-state index contributed by atoms with van der Waals surface area (Å²) in [6, 6.07) is 55.7. The van der Waals surface area contributed by atoms with E-state index in [-0.39, 0.29) is 0 Å². The summed E-state index contributed by atoms with van der Waals surface area (Å²) in [5.41, 5.74) is 13.8. The highest BCUT2D eigenvalue weighted by Gasteiger charge is 2.20. The molecule has 2 heteroatoms. The zero-order valence-corrected chi connectivity index (χ0v) is 28.6. The van der Waals surface area contributed by atoms with Crippen molar-refractivity contribution < 1.29 is 0 Å². The molecule has 0 aliphatic heterocycles. The van der Waals surface area contributed by atoms with E-state index in [0.29, 0.717) is 0 Å². The summed E-state index contributed by atoms with van der Waals surface area (Å²) in [4.78, 5) is 4.95. The molecular weight excluding hydrogens is 599 g/mol. The van der Waals surface area contributed by atoms with Crippen LogP contribution in [0.25, 0.3) is 53.6 Å². The summed E-state index contributed by atoms with van der Waals surface area (Å²) < 4.78 is 0. The zero-order valence-electron chi connectivity index (χ0n) is 27.8. The van der Waals surface area contributed by atoms with Crippen LogP contribution in [0.15, 0.2) is 152 Å². The molecule has 0 N–H and O–H groups in total. The number of hydrogen-bond donors (Lipinski definition) is 0. The van der Waals surface area contributed by atoms with Gasteiger partial charge < -0.3 is 4.90 Å². The number of fused-ring (bicyclic) bond motifs is 2. The van der Waals surface area contributed by atoms with Crippen molar-refractivity contribution in [2.45, 2.75) is 27.7 Å². The number of benzene rings is 7. The zero-order chi connectivity index (χ0) is 32.8. The molecule has 0 saturated heterocycles. The van der Waals surface area contributed by atoms with Gasteiger partial charge in [-0.3, -0.25) is 0 Å². The Morgan fingerprint density at radius 2 is 0.875 bits per heavy atom. The number of thiophene rings is 1. The minimum atomic E-state index is 1.16. The van der Waals surface area contributed by atoms with Crippen molar-refractivity contribution in [1.29, 1.82) is 0 Å². The number of nitrogens with zero attached hydrogens (tertiary/aromatic N) is 1. The van der Waals surface area contributed by atoms with E-state index in [2.05, 4.69) is 184 Å². The van der Waals surface area contributed by atoms with E-state index < -0.39 is 0 Å². The van der Waals surface area contributed by atoms with Crippen LogP contribution in [-0.2, 0) is 0 Å². The van der Waals surface area contributed by atoms with Gasteiger partial charge in [0.2, 0.25) is 0 Å². The van der Waals surface area contributed by atoms with Crippen LogP contribution in [0.3, 0.4) is 0 Å². The van der Waals surface area contributed by atoms with Gasteiger partial charge in [0.1, 0.15) is 0 Å². The lowest BCUT2D eigenvalue weighted by atomic mass is 9.88. The SMILES string of the molecule is Cc1ccc(N(c2ccc(-c3ccc(-c4c5ccccc5c(-c5ccccc5)c5ccccc45)s3)cc2)c2c(C)cc(C)cc2C)cc1. The molecule has 0 radical (unpaired) electrons. The van der Waals surface area contributed by atoms with Crippen LogP contribution in [0.4, 0.5) is 17.1 Å². The number of anilines is 3. The van der Waals surface area contributed by atoms with Crippen molar-refractivity contribution >= 4 is 49.9 Å². The molecule has 0 atom stereocenters. The number of aryl methyl sites for hydroxylation is 4. The first-order chi connectivity index (χ1) is 23.5. The molecule has 1 nitrogen and oxygen atoms in total. The Morgan fingerprint density at radius 3 is 1.44 bits per heavy atom. The van der Waals surface area contributed by atoms with Crippen LogP contribution in [-0.4, -0.2) is 0 Å².